The molecule has 0 spiro atoms. The number of benzene rings is 3. The van der Waals surface area contributed by atoms with E-state index in [1.165, 1.54) is 22.3 Å². The Morgan fingerprint density at radius 3 is 1.52 bits per heavy atom. The van der Waals surface area contributed by atoms with Crippen LogP contribution in [0.2, 0.25) is 0 Å². The van der Waals surface area contributed by atoms with Crippen molar-refractivity contribution in [3.63, 3.8) is 0 Å². The van der Waals surface area contributed by atoms with Crippen molar-refractivity contribution in [1.82, 2.24) is 30.0 Å². The van der Waals surface area contributed by atoms with Gasteiger partial charge in [-0.15, -0.1) is 23.0 Å². The minimum Gasteiger partial charge on any atom is -0.487 e. The van der Waals surface area contributed by atoms with Gasteiger partial charge in [0.25, 0.3) is 0 Å². The molecule has 2 heterocycles. The van der Waals surface area contributed by atoms with Gasteiger partial charge in [0.2, 0.25) is 0 Å². The van der Waals surface area contributed by atoms with Crippen LogP contribution >= 0.6 is 0 Å². The second kappa shape index (κ2) is 15.6. The first-order valence-electron chi connectivity index (χ1n) is 23.8. The first kappa shape index (κ1) is 41.3. The van der Waals surface area contributed by atoms with Crippen LogP contribution in [0.15, 0.2) is 73.1 Å². The van der Waals surface area contributed by atoms with Crippen LogP contribution in [0.4, 0.5) is 0 Å². The van der Waals surface area contributed by atoms with E-state index in [0.29, 0.717) is 61.8 Å². The third-order valence-electron chi connectivity index (χ3n) is 17.9. The Labute approximate surface area is 377 Å². The van der Waals surface area contributed by atoms with E-state index < -0.39 is 11.2 Å². The molecule has 4 fully saturated rings. The average molecular weight is 857 g/mol. The van der Waals surface area contributed by atoms with Gasteiger partial charge in [-0.25, -0.2) is 9.36 Å². The van der Waals surface area contributed by atoms with Crippen LogP contribution in [-0.4, -0.2) is 51.4 Å². The van der Waals surface area contributed by atoms with E-state index in [4.69, 9.17) is 22.3 Å². The van der Waals surface area contributed by atoms with Gasteiger partial charge < -0.3 is 19.7 Å². The molecule has 2 N–H and O–H groups in total. The fourth-order valence-corrected chi connectivity index (χ4v) is 14.3. The summed E-state index contributed by atoms with van der Waals surface area (Å²) in [5, 5.41) is 40.4. The monoisotopic (exact) mass is 856 g/mol. The van der Waals surface area contributed by atoms with Crippen molar-refractivity contribution < 1.29 is 19.7 Å². The molecule has 6 aliphatic carbocycles. The fraction of sp³-hybridized carbons (Fsp3) is 0.519. The van der Waals surface area contributed by atoms with E-state index in [2.05, 4.69) is 94.8 Å². The topological polar surface area (TPSA) is 120 Å². The minimum absolute atomic E-state index is 0.188. The van der Waals surface area contributed by atoms with Crippen LogP contribution < -0.4 is 9.47 Å². The summed E-state index contributed by atoms with van der Waals surface area (Å²) >= 11 is 0. The maximum Gasteiger partial charge on any atom is 0.134 e. The lowest BCUT2D eigenvalue weighted by atomic mass is 9.53. The molecular weight excluding hydrogens is 797 g/mol. The zero-order valence-electron chi connectivity index (χ0n) is 37.3. The summed E-state index contributed by atoms with van der Waals surface area (Å²) < 4.78 is 16.3. The van der Waals surface area contributed by atoms with Crippen molar-refractivity contribution in [2.45, 2.75) is 140 Å². The van der Waals surface area contributed by atoms with Gasteiger partial charge in [-0.3, -0.25) is 0 Å². The molecule has 5 aromatic rings. The maximum atomic E-state index is 11.3. The van der Waals surface area contributed by atoms with Crippen LogP contribution in [0.1, 0.15) is 135 Å². The van der Waals surface area contributed by atoms with Crippen LogP contribution in [0.25, 0.3) is 0 Å². The van der Waals surface area contributed by atoms with Gasteiger partial charge in [-0.1, -0.05) is 72.5 Å². The standard InChI is InChI=1S/C54H60N6O4/c1-5-53(61)25-21-49-47-15-11-35-27-41(13-17-43(35)45(47)19-23-51(49,53)3)63-33-39-31-59(57-55-39)29-37-9-7-8-10-38(37)30-60-32-40(56-58-60)34-64-42-14-18-44-36(28-42)12-16-48-46(44)20-24-52(4)50(48)22-26-54(52,62)6-2/h1-2,7-10,13-14,17-18,27-28,31-32,45-50,61-62H,11-12,15-16,19-26,29-30,33-34H2,3-4H3/t45-,46-,47-,48-,49+,50+,51+,52+,53+,54+/m1/s1. The molecule has 0 bridgehead atoms. The number of fused-ring (bicyclic) bond motifs is 10. The van der Waals surface area contributed by atoms with Gasteiger partial charge in [-0.05, 0) is 170 Å². The Hall–Kier alpha value is -5.42. The molecule has 2 aromatic heterocycles. The van der Waals surface area contributed by atoms with E-state index in [0.717, 1.165) is 111 Å². The number of aryl methyl sites for hydroxylation is 2. The van der Waals surface area contributed by atoms with E-state index in [9.17, 15) is 10.2 Å². The van der Waals surface area contributed by atoms with Gasteiger partial charge in [0.05, 0.1) is 25.5 Å². The van der Waals surface area contributed by atoms with Crippen LogP contribution in [0, 0.1) is 59.2 Å². The molecule has 11 rings (SSSR count). The van der Waals surface area contributed by atoms with Crippen molar-refractivity contribution in [3.05, 3.63) is 118 Å². The normalized spacial score (nSPS) is 33.3. The van der Waals surface area contributed by atoms with Crippen LogP contribution in [-0.2, 0) is 39.1 Å². The van der Waals surface area contributed by atoms with E-state index in [-0.39, 0.29) is 10.8 Å². The molecule has 330 valence electrons. The highest BCUT2D eigenvalue weighted by atomic mass is 16.5. The van der Waals surface area contributed by atoms with E-state index >= 15 is 0 Å². The van der Waals surface area contributed by atoms with Gasteiger partial charge >= 0.3 is 0 Å². The van der Waals surface area contributed by atoms with E-state index in [1.54, 1.807) is 0 Å². The highest BCUT2D eigenvalue weighted by Gasteiger charge is 2.62. The van der Waals surface area contributed by atoms with E-state index in [1.807, 2.05) is 33.9 Å². The quantitative estimate of drug-likeness (QED) is 0.134. The molecule has 3 aromatic carbocycles. The Bertz CT molecular complexity index is 2490. The van der Waals surface area contributed by atoms with Crippen LogP contribution in [0.3, 0.4) is 0 Å². The van der Waals surface area contributed by atoms with Crippen molar-refractivity contribution in [2.75, 3.05) is 0 Å². The average Bonchev–Trinajstić information content (AvgIpc) is 4.09. The van der Waals surface area contributed by atoms with Gasteiger partial charge in [0.1, 0.15) is 47.3 Å². The lowest BCUT2D eigenvalue weighted by molar-refractivity contribution is -0.0647. The number of rotatable bonds is 10. The molecule has 10 atom stereocenters. The number of hydrogen-bond acceptors (Lipinski definition) is 8. The zero-order valence-corrected chi connectivity index (χ0v) is 37.3. The molecule has 0 saturated heterocycles. The van der Waals surface area contributed by atoms with Gasteiger partial charge in [0.15, 0.2) is 0 Å². The summed E-state index contributed by atoms with van der Waals surface area (Å²) in [5.74, 6) is 10.4. The van der Waals surface area contributed by atoms with Crippen molar-refractivity contribution in [1.29, 1.82) is 0 Å². The number of ether oxygens (including phenoxy) is 2. The molecule has 6 aliphatic rings. The first-order chi connectivity index (χ1) is 31.0. The molecule has 10 nitrogen and oxygen atoms in total. The predicted molar refractivity (Wildman–Crippen MR) is 243 cm³/mol. The van der Waals surface area contributed by atoms with Gasteiger partial charge in [0, 0.05) is 10.8 Å². The lowest BCUT2D eigenvalue weighted by Crippen LogP contribution is -2.50. The molecule has 10 heteroatoms. The molecular formula is C54H60N6O4. The smallest absolute Gasteiger partial charge is 0.134 e. The predicted octanol–water partition coefficient (Wildman–Crippen LogP) is 8.57. The molecule has 4 saturated carbocycles. The molecule has 0 radical (unpaired) electrons. The summed E-state index contributed by atoms with van der Waals surface area (Å²) in [5.41, 5.74) is 7.15. The number of aromatic nitrogens is 6. The van der Waals surface area contributed by atoms with Crippen LogP contribution in [0.5, 0.6) is 11.5 Å². The first-order valence-corrected chi connectivity index (χ1v) is 23.8. The Kier molecular flexibility index (Phi) is 10.1. The Balaban J connectivity index is 0.682. The molecule has 0 aliphatic heterocycles. The summed E-state index contributed by atoms with van der Waals surface area (Å²) in [6.07, 6.45) is 27.5. The number of aliphatic hydroxyl groups is 2. The molecule has 0 amide bonds. The number of hydrogen-bond donors (Lipinski definition) is 2. The Morgan fingerprint density at radius 1 is 0.625 bits per heavy atom. The van der Waals surface area contributed by atoms with Gasteiger partial charge in [-0.2, -0.15) is 0 Å². The minimum atomic E-state index is -0.975. The second-order valence-corrected chi connectivity index (χ2v) is 20.7. The summed E-state index contributed by atoms with van der Waals surface area (Å²) in [6, 6.07) is 21.6. The highest BCUT2D eigenvalue weighted by Crippen LogP contribution is 2.65. The fourth-order valence-electron chi connectivity index (χ4n) is 14.3. The molecule has 64 heavy (non-hydrogen) atoms. The van der Waals surface area contributed by atoms with Crippen molar-refractivity contribution in [3.8, 4) is 36.2 Å². The van der Waals surface area contributed by atoms with Crippen molar-refractivity contribution in [2.24, 2.45) is 34.5 Å². The highest BCUT2D eigenvalue weighted by molar-refractivity contribution is 5.43. The zero-order chi connectivity index (χ0) is 43.8. The SMILES string of the molecule is C#C[C@]1(O)CC[C@H]2[C@@H]3CCc4cc(OCc5cn(Cc6ccccc6Cn6cc(COc7ccc8c(c7)CC[C@@H]7[C@@H]8CC[C@@]8(C)[C@H]7CC[C@@]8(O)C#C)nn6)nn5)ccc4[C@H]3CC[C@@]21C. The number of terminal acetylenes is 2. The molecule has 0 unspecified atom stereocenters. The third kappa shape index (κ3) is 6.69. The van der Waals surface area contributed by atoms with Crippen molar-refractivity contribution >= 4 is 0 Å². The Morgan fingerprint density at radius 2 is 1.08 bits per heavy atom. The largest absolute Gasteiger partial charge is 0.487 e. The third-order valence-corrected chi connectivity index (χ3v) is 17.9. The lowest BCUT2D eigenvalue weighted by Gasteiger charge is -2.52. The second-order valence-electron chi connectivity index (χ2n) is 20.7. The number of nitrogens with zero attached hydrogens (tertiary/aromatic N) is 6. The summed E-state index contributed by atoms with van der Waals surface area (Å²) in [6.45, 7) is 6.30. The maximum absolute atomic E-state index is 11.3. The summed E-state index contributed by atoms with van der Waals surface area (Å²) in [7, 11) is 0. The summed E-state index contributed by atoms with van der Waals surface area (Å²) in [4.78, 5) is 0.